The molecular weight excluding hydrogens is 383 g/mol. The van der Waals surface area contributed by atoms with E-state index >= 15 is 0 Å². The van der Waals surface area contributed by atoms with Crippen molar-refractivity contribution in [3.63, 3.8) is 0 Å². The van der Waals surface area contributed by atoms with Crippen LogP contribution in [0.5, 0.6) is 0 Å². The lowest BCUT2D eigenvalue weighted by molar-refractivity contribution is 0.628. The number of benzene rings is 2. The second-order valence-electron chi connectivity index (χ2n) is 6.63. The first-order valence-electron chi connectivity index (χ1n) is 9.26. The van der Waals surface area contributed by atoms with E-state index in [1.54, 1.807) is 30.1 Å². The second kappa shape index (κ2) is 8.49. The fraction of sp³-hybridized carbons (Fsp3) is 0.130. The van der Waals surface area contributed by atoms with Crippen LogP contribution in [0.25, 0.3) is 22.5 Å². The molecule has 6 heteroatoms. The number of halogens is 1. The molecule has 0 saturated heterocycles. The van der Waals surface area contributed by atoms with Crippen molar-refractivity contribution in [3.05, 3.63) is 84.3 Å². The quantitative estimate of drug-likeness (QED) is 0.424. The molecule has 4 aromatic rings. The molecular formula is C23H21FN4S. The first kappa shape index (κ1) is 19.2. The average Bonchev–Trinajstić information content (AvgIpc) is 3.10. The van der Waals surface area contributed by atoms with Gasteiger partial charge in [0.05, 0.1) is 11.4 Å². The number of nitrogens with zero attached hydrogens (tertiary/aromatic N) is 3. The molecule has 0 aliphatic heterocycles. The molecule has 0 fully saturated rings. The van der Waals surface area contributed by atoms with Gasteiger partial charge >= 0.3 is 0 Å². The van der Waals surface area contributed by atoms with Gasteiger partial charge in [0, 0.05) is 30.9 Å². The fourth-order valence-corrected chi connectivity index (χ4v) is 3.81. The molecule has 0 saturated carbocycles. The van der Waals surface area contributed by atoms with Gasteiger partial charge in [0.15, 0.2) is 5.16 Å². The summed E-state index contributed by atoms with van der Waals surface area (Å²) in [4.78, 5) is 9.25. The van der Waals surface area contributed by atoms with E-state index in [0.29, 0.717) is 6.54 Å². The topological polar surface area (TPSA) is 42.7 Å². The van der Waals surface area contributed by atoms with Gasteiger partial charge in [-0.15, -0.1) is 0 Å². The molecule has 4 nitrogen and oxygen atoms in total. The molecule has 2 aromatic carbocycles. The van der Waals surface area contributed by atoms with E-state index in [4.69, 9.17) is 4.98 Å². The molecule has 2 heterocycles. The molecule has 146 valence electrons. The molecule has 0 atom stereocenters. The van der Waals surface area contributed by atoms with Crippen LogP contribution in [0.2, 0.25) is 0 Å². The van der Waals surface area contributed by atoms with Gasteiger partial charge in [-0.1, -0.05) is 42.1 Å². The Hall–Kier alpha value is -3.12. The number of anilines is 1. The number of pyridine rings is 1. The Balaban J connectivity index is 1.70. The van der Waals surface area contributed by atoms with Gasteiger partial charge in [-0.3, -0.25) is 0 Å². The van der Waals surface area contributed by atoms with Gasteiger partial charge < -0.3 is 9.88 Å². The minimum atomic E-state index is -0.257. The van der Waals surface area contributed by atoms with Crippen molar-refractivity contribution in [2.45, 2.75) is 11.7 Å². The summed E-state index contributed by atoms with van der Waals surface area (Å²) in [5, 5.41) is 4.28. The Labute approximate surface area is 173 Å². The molecule has 29 heavy (non-hydrogen) atoms. The lowest BCUT2D eigenvalue weighted by Gasteiger charge is -2.10. The van der Waals surface area contributed by atoms with E-state index in [0.717, 1.165) is 33.5 Å². The number of hydrogen-bond acceptors (Lipinski definition) is 4. The Morgan fingerprint density at radius 2 is 1.76 bits per heavy atom. The van der Waals surface area contributed by atoms with E-state index in [1.807, 2.05) is 43.6 Å². The highest BCUT2D eigenvalue weighted by Gasteiger charge is 2.18. The predicted octanol–water partition coefficient (Wildman–Crippen LogP) is 5.62. The zero-order chi connectivity index (χ0) is 20.2. The monoisotopic (exact) mass is 404 g/mol. The van der Waals surface area contributed by atoms with E-state index < -0.39 is 0 Å². The third-order valence-corrected chi connectivity index (χ3v) is 5.43. The van der Waals surface area contributed by atoms with Crippen molar-refractivity contribution in [2.75, 3.05) is 11.6 Å². The van der Waals surface area contributed by atoms with Crippen molar-refractivity contribution >= 4 is 17.6 Å². The van der Waals surface area contributed by atoms with Crippen LogP contribution in [-0.2, 0) is 13.6 Å². The van der Waals surface area contributed by atoms with Gasteiger partial charge in [-0.05, 0) is 48.2 Å². The summed E-state index contributed by atoms with van der Waals surface area (Å²) in [6, 6.07) is 20.7. The van der Waals surface area contributed by atoms with Crippen LogP contribution in [0.15, 0.2) is 78.1 Å². The van der Waals surface area contributed by atoms with Crippen molar-refractivity contribution in [3.8, 4) is 22.5 Å². The van der Waals surface area contributed by atoms with Crippen LogP contribution in [0.3, 0.4) is 0 Å². The normalized spacial score (nSPS) is 10.9. The molecule has 4 rings (SSSR count). The molecule has 0 radical (unpaired) electrons. The second-order valence-corrected chi connectivity index (χ2v) is 7.40. The van der Waals surface area contributed by atoms with Crippen molar-refractivity contribution in [2.24, 2.45) is 7.05 Å². The third-order valence-electron chi connectivity index (χ3n) is 4.70. The highest BCUT2D eigenvalue weighted by Crippen LogP contribution is 2.35. The summed E-state index contributed by atoms with van der Waals surface area (Å²) in [6.45, 7) is 0.698. The van der Waals surface area contributed by atoms with Crippen molar-refractivity contribution in [1.29, 1.82) is 0 Å². The molecule has 0 aliphatic carbocycles. The highest BCUT2D eigenvalue weighted by atomic mass is 32.2. The summed E-state index contributed by atoms with van der Waals surface area (Å²) in [5.41, 5.74) is 4.89. The van der Waals surface area contributed by atoms with Crippen LogP contribution in [0, 0.1) is 5.82 Å². The number of nitrogens with one attached hydrogen (secondary N) is 1. The Morgan fingerprint density at radius 3 is 2.48 bits per heavy atom. The number of hydrogen-bond donors (Lipinski definition) is 1. The van der Waals surface area contributed by atoms with Gasteiger partial charge in [0.25, 0.3) is 0 Å². The molecule has 0 amide bonds. The molecule has 0 spiro atoms. The van der Waals surface area contributed by atoms with Crippen LogP contribution in [-0.4, -0.2) is 20.8 Å². The third kappa shape index (κ3) is 4.17. The lowest BCUT2D eigenvalue weighted by Crippen LogP contribution is -2.02. The zero-order valence-corrected chi connectivity index (χ0v) is 17.1. The molecule has 0 aliphatic rings. The summed E-state index contributed by atoms with van der Waals surface area (Å²) in [5.74, 6) is 0.538. The van der Waals surface area contributed by atoms with Crippen LogP contribution in [0.4, 0.5) is 10.2 Å². The Morgan fingerprint density at radius 1 is 1.00 bits per heavy atom. The number of rotatable bonds is 6. The zero-order valence-electron chi connectivity index (χ0n) is 16.3. The van der Waals surface area contributed by atoms with E-state index in [-0.39, 0.29) is 5.82 Å². The van der Waals surface area contributed by atoms with Crippen LogP contribution in [0.1, 0.15) is 5.56 Å². The average molecular weight is 405 g/mol. The number of imidazole rings is 1. The minimum absolute atomic E-state index is 0.257. The summed E-state index contributed by atoms with van der Waals surface area (Å²) in [7, 11) is 2.00. The maximum absolute atomic E-state index is 13.4. The fourth-order valence-electron chi connectivity index (χ4n) is 3.26. The van der Waals surface area contributed by atoms with Crippen molar-refractivity contribution in [1.82, 2.24) is 14.5 Å². The van der Waals surface area contributed by atoms with Gasteiger partial charge in [0.1, 0.15) is 11.6 Å². The maximum atomic E-state index is 13.4. The smallest absolute Gasteiger partial charge is 0.168 e. The predicted molar refractivity (Wildman–Crippen MR) is 117 cm³/mol. The Bertz CT molecular complexity index is 1110. The number of thioether (sulfide) groups is 1. The lowest BCUT2D eigenvalue weighted by atomic mass is 10.1. The first-order chi connectivity index (χ1) is 14.2. The van der Waals surface area contributed by atoms with Crippen molar-refractivity contribution < 1.29 is 4.39 Å². The summed E-state index contributed by atoms with van der Waals surface area (Å²) in [6.07, 6.45) is 3.79. The summed E-state index contributed by atoms with van der Waals surface area (Å²) < 4.78 is 15.5. The first-order valence-corrected chi connectivity index (χ1v) is 10.5. The molecule has 2 aromatic heterocycles. The maximum Gasteiger partial charge on any atom is 0.168 e. The van der Waals surface area contributed by atoms with Crippen LogP contribution >= 0.6 is 11.8 Å². The van der Waals surface area contributed by atoms with E-state index in [1.165, 1.54) is 17.7 Å². The Kier molecular flexibility index (Phi) is 5.62. The SMILES string of the molecule is CSc1nc(-c2ccc(F)cc2)c(-c2ccnc(NCc3ccccc3)c2)n1C. The summed E-state index contributed by atoms with van der Waals surface area (Å²) >= 11 is 1.58. The van der Waals surface area contributed by atoms with E-state index in [9.17, 15) is 4.39 Å². The van der Waals surface area contributed by atoms with Gasteiger partial charge in [0.2, 0.25) is 0 Å². The minimum Gasteiger partial charge on any atom is -0.366 e. The standard InChI is InChI=1S/C23H21FN4S/c1-28-22(21(27-23(28)29-2)17-8-10-19(24)11-9-17)18-12-13-25-20(14-18)26-15-16-6-4-3-5-7-16/h3-14H,15H2,1-2H3,(H,25,26). The van der Waals surface area contributed by atoms with Gasteiger partial charge in [-0.25, -0.2) is 14.4 Å². The molecule has 1 N–H and O–H groups in total. The van der Waals surface area contributed by atoms with E-state index in [2.05, 4.69) is 27.0 Å². The molecule has 0 bridgehead atoms. The largest absolute Gasteiger partial charge is 0.366 e. The molecule has 0 unspecified atom stereocenters. The van der Waals surface area contributed by atoms with Crippen LogP contribution < -0.4 is 5.32 Å². The number of aromatic nitrogens is 3. The highest BCUT2D eigenvalue weighted by molar-refractivity contribution is 7.98. The van der Waals surface area contributed by atoms with Gasteiger partial charge in [-0.2, -0.15) is 0 Å².